The number of nitro benzene ring substituents is 1. The number of rotatable bonds is 7. The number of likely N-dealkylation sites (N-methyl/N-ethyl adjacent to an activating group) is 1. The molecular weight excluding hydrogens is 356 g/mol. The third kappa shape index (κ3) is 5.32. The number of hydrogen-bond donors (Lipinski definition) is 1. The highest BCUT2D eigenvalue weighted by molar-refractivity contribution is 5.85. The van der Waals surface area contributed by atoms with Crippen LogP contribution >= 0.6 is 12.4 Å². The summed E-state index contributed by atoms with van der Waals surface area (Å²) in [5.74, 6) is 0.899. The van der Waals surface area contributed by atoms with Gasteiger partial charge in [-0.1, -0.05) is 12.1 Å². The van der Waals surface area contributed by atoms with Gasteiger partial charge in [-0.15, -0.1) is 12.4 Å². The summed E-state index contributed by atoms with van der Waals surface area (Å²) >= 11 is 0. The van der Waals surface area contributed by atoms with Crippen molar-refractivity contribution in [1.82, 2.24) is 10.2 Å². The Morgan fingerprint density at radius 2 is 1.92 bits per heavy atom. The van der Waals surface area contributed by atoms with Gasteiger partial charge in [0.05, 0.1) is 11.5 Å². The zero-order chi connectivity index (χ0) is 17.8. The largest absolute Gasteiger partial charge is 0.360 e. The van der Waals surface area contributed by atoms with Crippen molar-refractivity contribution in [1.29, 1.82) is 0 Å². The second-order valence-corrected chi connectivity index (χ2v) is 7.11. The topological polar surface area (TPSA) is 78.7 Å². The fourth-order valence-electron chi connectivity index (χ4n) is 3.32. The van der Waals surface area contributed by atoms with Crippen molar-refractivity contribution in [2.24, 2.45) is 5.92 Å². The van der Waals surface area contributed by atoms with E-state index in [4.69, 9.17) is 0 Å². The first-order chi connectivity index (χ1) is 12.0. The fourth-order valence-corrected chi connectivity index (χ4v) is 3.32. The van der Waals surface area contributed by atoms with E-state index in [0.717, 1.165) is 38.4 Å². The highest BCUT2D eigenvalue weighted by atomic mass is 35.5. The van der Waals surface area contributed by atoms with Crippen molar-refractivity contribution in [3.05, 3.63) is 34.4 Å². The molecule has 2 fully saturated rings. The van der Waals surface area contributed by atoms with Crippen LogP contribution in [0.4, 0.5) is 11.4 Å². The molecule has 1 amide bonds. The predicted octanol–water partition coefficient (Wildman–Crippen LogP) is 2.44. The number of nitro groups is 1. The Morgan fingerprint density at radius 3 is 2.54 bits per heavy atom. The number of amides is 1. The van der Waals surface area contributed by atoms with Gasteiger partial charge >= 0.3 is 0 Å². The van der Waals surface area contributed by atoms with E-state index in [1.807, 2.05) is 4.90 Å². The van der Waals surface area contributed by atoms with Crippen LogP contribution in [0.3, 0.4) is 0 Å². The maximum absolute atomic E-state index is 12.5. The lowest BCUT2D eigenvalue weighted by Gasteiger charge is -2.33. The number of nitrogens with one attached hydrogen (secondary N) is 1. The Kier molecular flexibility index (Phi) is 7.23. The summed E-state index contributed by atoms with van der Waals surface area (Å²) in [6, 6.07) is 7.04. The van der Waals surface area contributed by atoms with Crippen molar-refractivity contribution >= 4 is 29.7 Å². The maximum Gasteiger partial charge on any atom is 0.292 e. The summed E-state index contributed by atoms with van der Waals surface area (Å²) in [5, 5.41) is 14.7. The zero-order valence-corrected chi connectivity index (χ0v) is 15.9. The summed E-state index contributed by atoms with van der Waals surface area (Å²) < 4.78 is 0. The molecule has 1 aromatic rings. The third-order valence-corrected chi connectivity index (χ3v) is 5.10. The molecule has 0 spiro atoms. The van der Waals surface area contributed by atoms with Crippen LogP contribution in [0.15, 0.2) is 24.3 Å². The highest BCUT2D eigenvalue weighted by Crippen LogP contribution is 2.28. The van der Waals surface area contributed by atoms with E-state index in [0.29, 0.717) is 11.7 Å². The average molecular weight is 383 g/mol. The van der Waals surface area contributed by atoms with Gasteiger partial charge in [0.15, 0.2) is 0 Å². The van der Waals surface area contributed by atoms with E-state index in [1.54, 1.807) is 30.1 Å². The number of carbonyl (C=O) groups is 1. The molecule has 0 radical (unpaired) electrons. The Morgan fingerprint density at radius 1 is 1.27 bits per heavy atom. The van der Waals surface area contributed by atoms with Gasteiger partial charge in [-0.2, -0.15) is 0 Å². The minimum absolute atomic E-state index is 0. The van der Waals surface area contributed by atoms with E-state index in [1.165, 1.54) is 18.9 Å². The van der Waals surface area contributed by atoms with Crippen LogP contribution in [-0.4, -0.2) is 55.0 Å². The van der Waals surface area contributed by atoms with E-state index in [2.05, 4.69) is 5.32 Å². The van der Waals surface area contributed by atoms with Crippen molar-refractivity contribution in [3.8, 4) is 0 Å². The minimum atomic E-state index is -0.409. The Bertz CT molecular complexity index is 631. The molecule has 0 bridgehead atoms. The zero-order valence-electron chi connectivity index (χ0n) is 15.1. The normalized spacial score (nSPS) is 17.5. The maximum atomic E-state index is 12.5. The molecule has 2 aliphatic rings. The number of hydrogen-bond acceptors (Lipinski definition) is 5. The van der Waals surface area contributed by atoms with Crippen LogP contribution in [0, 0.1) is 16.0 Å². The molecule has 1 saturated carbocycles. The SMILES string of the molecule is CN(CC(=O)N1CCC(NCC2CC2)CC1)c1ccccc1[N+](=O)[O-].Cl. The van der Waals surface area contributed by atoms with Crippen LogP contribution in [-0.2, 0) is 4.79 Å². The number of piperidine rings is 1. The number of anilines is 1. The Labute approximate surface area is 160 Å². The molecule has 1 aliphatic carbocycles. The summed E-state index contributed by atoms with van der Waals surface area (Å²) in [6.07, 6.45) is 4.66. The Balaban J connectivity index is 0.00000243. The summed E-state index contributed by atoms with van der Waals surface area (Å²) in [4.78, 5) is 26.8. The molecule has 3 rings (SSSR count). The molecule has 0 atom stereocenters. The second-order valence-electron chi connectivity index (χ2n) is 7.11. The smallest absolute Gasteiger partial charge is 0.292 e. The minimum Gasteiger partial charge on any atom is -0.360 e. The Hall–Kier alpha value is -1.86. The van der Waals surface area contributed by atoms with Crippen molar-refractivity contribution in [2.75, 3.05) is 38.1 Å². The quantitative estimate of drug-likeness (QED) is 0.578. The average Bonchev–Trinajstić information content (AvgIpc) is 3.44. The van der Waals surface area contributed by atoms with Gasteiger partial charge in [0.2, 0.25) is 5.91 Å². The van der Waals surface area contributed by atoms with Crippen LogP contribution < -0.4 is 10.2 Å². The van der Waals surface area contributed by atoms with Gasteiger partial charge in [-0.25, -0.2) is 0 Å². The number of nitrogens with zero attached hydrogens (tertiary/aromatic N) is 3. The monoisotopic (exact) mass is 382 g/mol. The molecule has 1 N–H and O–H groups in total. The molecule has 1 aliphatic heterocycles. The molecule has 8 heteroatoms. The standard InChI is InChI=1S/C18H26N4O3.ClH/c1-20(16-4-2-3-5-17(16)22(24)25)13-18(23)21-10-8-15(9-11-21)19-12-14-6-7-14;/h2-5,14-15,19H,6-13H2,1H3;1H. The summed E-state index contributed by atoms with van der Waals surface area (Å²) in [5.41, 5.74) is 0.502. The highest BCUT2D eigenvalue weighted by Gasteiger charge is 2.27. The van der Waals surface area contributed by atoms with Gasteiger partial charge in [-0.3, -0.25) is 14.9 Å². The van der Waals surface area contributed by atoms with Crippen LogP contribution in [0.5, 0.6) is 0 Å². The van der Waals surface area contributed by atoms with E-state index < -0.39 is 4.92 Å². The second kappa shape index (κ2) is 9.19. The molecule has 7 nitrogen and oxygen atoms in total. The molecule has 1 saturated heterocycles. The third-order valence-electron chi connectivity index (χ3n) is 5.10. The van der Waals surface area contributed by atoms with Crippen LogP contribution in [0.25, 0.3) is 0 Å². The predicted molar refractivity (Wildman–Crippen MR) is 104 cm³/mol. The lowest BCUT2D eigenvalue weighted by atomic mass is 10.0. The molecule has 1 aromatic carbocycles. The molecule has 26 heavy (non-hydrogen) atoms. The number of carbonyl (C=O) groups excluding carboxylic acids is 1. The lowest BCUT2D eigenvalue weighted by molar-refractivity contribution is -0.384. The van der Waals surface area contributed by atoms with Crippen molar-refractivity contribution in [3.63, 3.8) is 0 Å². The molecular formula is C18H27ClN4O3. The molecule has 0 aromatic heterocycles. The first kappa shape index (κ1) is 20.5. The van der Waals surface area contributed by atoms with Gasteiger partial charge in [0, 0.05) is 32.2 Å². The molecule has 0 unspecified atom stereocenters. The first-order valence-corrected chi connectivity index (χ1v) is 9.00. The van der Waals surface area contributed by atoms with E-state index in [9.17, 15) is 14.9 Å². The van der Waals surface area contributed by atoms with Crippen molar-refractivity contribution in [2.45, 2.75) is 31.7 Å². The molecule has 144 valence electrons. The van der Waals surface area contributed by atoms with Crippen molar-refractivity contribution < 1.29 is 9.72 Å². The number of benzene rings is 1. The van der Waals surface area contributed by atoms with E-state index in [-0.39, 0.29) is 30.5 Å². The summed E-state index contributed by atoms with van der Waals surface area (Å²) in [6.45, 7) is 2.78. The van der Waals surface area contributed by atoms with Gasteiger partial charge in [-0.05, 0) is 44.2 Å². The lowest BCUT2D eigenvalue weighted by Crippen LogP contribution is -2.47. The number of para-hydroxylation sites is 2. The van der Waals surface area contributed by atoms with Gasteiger partial charge in [0.1, 0.15) is 5.69 Å². The van der Waals surface area contributed by atoms with Crippen LogP contribution in [0.1, 0.15) is 25.7 Å². The van der Waals surface area contributed by atoms with Gasteiger partial charge in [0.25, 0.3) is 5.69 Å². The number of likely N-dealkylation sites (tertiary alicyclic amines) is 1. The number of halogens is 1. The summed E-state index contributed by atoms with van der Waals surface area (Å²) in [7, 11) is 1.73. The fraction of sp³-hybridized carbons (Fsp3) is 0.611. The van der Waals surface area contributed by atoms with E-state index >= 15 is 0 Å². The molecule has 1 heterocycles. The first-order valence-electron chi connectivity index (χ1n) is 9.00. The van der Waals surface area contributed by atoms with Crippen LogP contribution in [0.2, 0.25) is 0 Å². The van der Waals surface area contributed by atoms with Gasteiger partial charge < -0.3 is 15.1 Å².